The van der Waals surface area contributed by atoms with Crippen LogP contribution in [0.3, 0.4) is 0 Å². The third-order valence-corrected chi connectivity index (χ3v) is 2.41. The van der Waals surface area contributed by atoms with E-state index in [9.17, 15) is 0 Å². The third kappa shape index (κ3) is 1.85. The van der Waals surface area contributed by atoms with Crippen LogP contribution in [-0.4, -0.2) is 19.7 Å². The van der Waals surface area contributed by atoms with Crippen LogP contribution in [0.25, 0.3) is 11.3 Å². The van der Waals surface area contributed by atoms with E-state index >= 15 is 0 Å². The van der Waals surface area contributed by atoms with Crippen LogP contribution < -0.4 is 0 Å². The van der Waals surface area contributed by atoms with Gasteiger partial charge in [-0.15, -0.1) is 0 Å². The molecule has 2 rings (SSSR count). The second-order valence-electron chi connectivity index (χ2n) is 3.42. The van der Waals surface area contributed by atoms with Gasteiger partial charge in [-0.1, -0.05) is 11.6 Å². The Balaban J connectivity index is 2.62. The van der Waals surface area contributed by atoms with Crippen molar-refractivity contribution in [2.75, 3.05) is 0 Å². The van der Waals surface area contributed by atoms with E-state index in [1.165, 1.54) is 0 Å². The minimum absolute atomic E-state index is 0.553. The molecule has 0 aliphatic heterocycles. The van der Waals surface area contributed by atoms with Gasteiger partial charge in [-0.2, -0.15) is 5.10 Å². The molecule has 0 aromatic carbocycles. The Hall–Kier alpha value is -1.42. The van der Waals surface area contributed by atoms with Crippen LogP contribution in [0.2, 0.25) is 5.02 Å². The van der Waals surface area contributed by atoms with Gasteiger partial charge in [0, 0.05) is 25.0 Å². The van der Waals surface area contributed by atoms with E-state index in [0.29, 0.717) is 10.8 Å². The van der Waals surface area contributed by atoms with Gasteiger partial charge >= 0.3 is 0 Å². The van der Waals surface area contributed by atoms with E-state index in [1.54, 1.807) is 10.9 Å². The molecule has 0 radical (unpaired) electrons. The zero-order valence-electron chi connectivity index (χ0n) is 8.82. The Morgan fingerprint density at radius 2 is 2.07 bits per heavy atom. The number of aromatic nitrogens is 4. The minimum atomic E-state index is 0.553. The van der Waals surface area contributed by atoms with Gasteiger partial charge in [-0.3, -0.25) is 4.68 Å². The smallest absolute Gasteiger partial charge is 0.126 e. The predicted molar refractivity (Wildman–Crippen MR) is 58.7 cm³/mol. The SMILES string of the molecule is Cc1ncc(Cl)c(-c2cn(C)nc2C)n1. The van der Waals surface area contributed by atoms with Crippen LogP contribution in [0.4, 0.5) is 0 Å². The molecule has 15 heavy (non-hydrogen) atoms. The molecule has 0 unspecified atom stereocenters. The highest BCUT2D eigenvalue weighted by molar-refractivity contribution is 6.32. The van der Waals surface area contributed by atoms with E-state index < -0.39 is 0 Å². The van der Waals surface area contributed by atoms with Crippen LogP contribution in [0.15, 0.2) is 12.4 Å². The molecule has 2 heterocycles. The molecule has 0 saturated heterocycles. The summed E-state index contributed by atoms with van der Waals surface area (Å²) in [6.07, 6.45) is 3.52. The topological polar surface area (TPSA) is 43.6 Å². The van der Waals surface area contributed by atoms with Crippen LogP contribution in [-0.2, 0) is 7.05 Å². The summed E-state index contributed by atoms with van der Waals surface area (Å²) in [7, 11) is 1.87. The molecule has 0 amide bonds. The predicted octanol–water partition coefficient (Wildman–Crippen LogP) is 2.15. The van der Waals surface area contributed by atoms with Crippen molar-refractivity contribution in [1.82, 2.24) is 19.7 Å². The molecule has 0 spiro atoms. The summed E-state index contributed by atoms with van der Waals surface area (Å²) >= 11 is 6.05. The van der Waals surface area contributed by atoms with Crippen molar-refractivity contribution < 1.29 is 0 Å². The molecule has 0 bridgehead atoms. The Kier molecular flexibility index (Phi) is 2.44. The van der Waals surface area contributed by atoms with Crippen LogP contribution in [0.5, 0.6) is 0 Å². The Bertz CT molecular complexity index is 504. The Morgan fingerprint density at radius 1 is 1.33 bits per heavy atom. The lowest BCUT2D eigenvalue weighted by Crippen LogP contribution is -1.92. The van der Waals surface area contributed by atoms with Gasteiger partial charge in [0.1, 0.15) is 5.82 Å². The molecule has 0 fully saturated rings. The van der Waals surface area contributed by atoms with E-state index in [2.05, 4.69) is 15.1 Å². The summed E-state index contributed by atoms with van der Waals surface area (Å²) in [5, 5.41) is 4.81. The zero-order chi connectivity index (χ0) is 11.0. The first-order valence-electron chi connectivity index (χ1n) is 4.57. The maximum Gasteiger partial charge on any atom is 0.126 e. The largest absolute Gasteiger partial charge is 0.275 e. The number of halogens is 1. The second-order valence-corrected chi connectivity index (χ2v) is 3.82. The van der Waals surface area contributed by atoms with Gasteiger partial charge in [0.05, 0.1) is 16.4 Å². The fourth-order valence-corrected chi connectivity index (χ4v) is 1.67. The van der Waals surface area contributed by atoms with Crippen LogP contribution in [0.1, 0.15) is 11.5 Å². The van der Waals surface area contributed by atoms with Gasteiger partial charge in [-0.05, 0) is 13.8 Å². The molecule has 2 aromatic rings. The first-order valence-corrected chi connectivity index (χ1v) is 4.95. The van der Waals surface area contributed by atoms with Gasteiger partial charge in [-0.25, -0.2) is 9.97 Å². The molecule has 0 atom stereocenters. The molecule has 0 saturated carbocycles. The van der Waals surface area contributed by atoms with Crippen molar-refractivity contribution in [3.05, 3.63) is 28.9 Å². The number of hydrogen-bond donors (Lipinski definition) is 0. The van der Waals surface area contributed by atoms with E-state index in [0.717, 1.165) is 17.0 Å². The lowest BCUT2D eigenvalue weighted by molar-refractivity contribution is 0.756. The Labute approximate surface area is 92.9 Å². The third-order valence-electron chi connectivity index (χ3n) is 2.13. The van der Waals surface area contributed by atoms with Crippen LogP contribution in [0, 0.1) is 13.8 Å². The normalized spacial score (nSPS) is 10.7. The maximum absolute atomic E-state index is 6.05. The summed E-state index contributed by atoms with van der Waals surface area (Å²) in [6, 6.07) is 0. The fraction of sp³-hybridized carbons (Fsp3) is 0.300. The summed E-state index contributed by atoms with van der Waals surface area (Å²) in [5.41, 5.74) is 2.61. The molecule has 0 N–H and O–H groups in total. The molecule has 5 heteroatoms. The highest BCUT2D eigenvalue weighted by Gasteiger charge is 2.11. The molecule has 78 valence electrons. The van der Waals surface area contributed by atoms with E-state index in [-0.39, 0.29) is 0 Å². The summed E-state index contributed by atoms with van der Waals surface area (Å²) in [6.45, 7) is 3.77. The van der Waals surface area contributed by atoms with Crippen molar-refractivity contribution in [3.63, 3.8) is 0 Å². The van der Waals surface area contributed by atoms with Crippen molar-refractivity contribution in [2.24, 2.45) is 7.05 Å². The highest BCUT2D eigenvalue weighted by Crippen LogP contribution is 2.26. The summed E-state index contributed by atoms with van der Waals surface area (Å²) in [5.74, 6) is 0.706. The van der Waals surface area contributed by atoms with Gasteiger partial charge in [0.2, 0.25) is 0 Å². The van der Waals surface area contributed by atoms with Crippen LogP contribution >= 0.6 is 11.6 Å². The molecule has 0 aliphatic rings. The van der Waals surface area contributed by atoms with E-state index in [4.69, 9.17) is 11.6 Å². The summed E-state index contributed by atoms with van der Waals surface area (Å²) in [4.78, 5) is 8.35. The minimum Gasteiger partial charge on any atom is -0.275 e. The highest BCUT2D eigenvalue weighted by atomic mass is 35.5. The first kappa shape index (κ1) is 10.1. The summed E-state index contributed by atoms with van der Waals surface area (Å²) < 4.78 is 1.75. The molecular formula is C10H11ClN4. The average molecular weight is 223 g/mol. The molecular weight excluding hydrogens is 212 g/mol. The molecule has 0 aliphatic carbocycles. The lowest BCUT2D eigenvalue weighted by Gasteiger charge is -2.01. The number of rotatable bonds is 1. The zero-order valence-corrected chi connectivity index (χ0v) is 9.58. The number of hydrogen-bond acceptors (Lipinski definition) is 3. The average Bonchev–Trinajstić information content (AvgIpc) is 2.50. The standard InChI is InChI=1S/C10H11ClN4/c1-6-8(5-15(3)14-6)10-9(11)4-12-7(2)13-10/h4-5H,1-3H3. The molecule has 4 nitrogen and oxygen atoms in total. The lowest BCUT2D eigenvalue weighted by atomic mass is 10.2. The second kappa shape index (κ2) is 3.62. The Morgan fingerprint density at radius 3 is 2.67 bits per heavy atom. The van der Waals surface area contributed by atoms with Gasteiger partial charge < -0.3 is 0 Å². The van der Waals surface area contributed by atoms with Crippen molar-refractivity contribution in [3.8, 4) is 11.3 Å². The number of aryl methyl sites for hydroxylation is 3. The quantitative estimate of drug-likeness (QED) is 0.743. The van der Waals surface area contributed by atoms with Gasteiger partial charge in [0.25, 0.3) is 0 Å². The van der Waals surface area contributed by atoms with Crippen molar-refractivity contribution in [2.45, 2.75) is 13.8 Å². The first-order chi connectivity index (χ1) is 7.08. The fourth-order valence-electron chi connectivity index (χ4n) is 1.48. The van der Waals surface area contributed by atoms with Crippen molar-refractivity contribution >= 4 is 11.6 Å². The van der Waals surface area contributed by atoms with Crippen molar-refractivity contribution in [1.29, 1.82) is 0 Å². The number of nitrogens with zero attached hydrogens (tertiary/aromatic N) is 4. The van der Waals surface area contributed by atoms with E-state index in [1.807, 2.05) is 27.1 Å². The molecule has 2 aromatic heterocycles. The maximum atomic E-state index is 6.05. The van der Waals surface area contributed by atoms with Gasteiger partial charge in [0.15, 0.2) is 0 Å². The monoisotopic (exact) mass is 222 g/mol.